The van der Waals surface area contributed by atoms with Gasteiger partial charge in [0.1, 0.15) is 11.7 Å². The minimum absolute atomic E-state index is 0.0199. The highest BCUT2D eigenvalue weighted by atomic mass is 19.1. The number of nitrogens with one attached hydrogen (secondary N) is 2. The lowest BCUT2D eigenvalue weighted by atomic mass is 9.88. The zero-order chi connectivity index (χ0) is 26.1. The molecule has 196 valence electrons. The molecule has 2 saturated carbocycles. The molecule has 0 spiro atoms. The van der Waals surface area contributed by atoms with E-state index in [2.05, 4.69) is 25.8 Å². The Hall–Kier alpha value is -3.76. The van der Waals surface area contributed by atoms with E-state index in [1.807, 2.05) is 13.8 Å². The highest BCUT2D eigenvalue weighted by molar-refractivity contribution is 6.00. The van der Waals surface area contributed by atoms with E-state index in [1.54, 1.807) is 40.1 Å². The maximum atomic E-state index is 13.6. The molecule has 3 aromatic rings. The third-order valence-corrected chi connectivity index (χ3v) is 7.01. The molecule has 2 aliphatic rings. The van der Waals surface area contributed by atoms with Gasteiger partial charge in [-0.3, -0.25) is 19.0 Å². The summed E-state index contributed by atoms with van der Waals surface area (Å²) >= 11 is 0. The maximum Gasteiger partial charge on any atom is 0.270 e. The van der Waals surface area contributed by atoms with Gasteiger partial charge in [0.25, 0.3) is 5.91 Å². The van der Waals surface area contributed by atoms with Crippen LogP contribution in [-0.2, 0) is 11.3 Å². The normalized spacial score (nSPS) is 16.2. The summed E-state index contributed by atoms with van der Waals surface area (Å²) in [4.78, 5) is 30.6. The van der Waals surface area contributed by atoms with Crippen LogP contribution in [0.4, 0.5) is 10.1 Å². The van der Waals surface area contributed by atoms with Gasteiger partial charge < -0.3 is 15.4 Å². The zero-order valence-corrected chi connectivity index (χ0v) is 21.2. The van der Waals surface area contributed by atoms with Crippen molar-refractivity contribution in [1.82, 2.24) is 29.9 Å². The Morgan fingerprint density at radius 2 is 1.86 bits per heavy atom. The predicted molar refractivity (Wildman–Crippen MR) is 134 cm³/mol. The van der Waals surface area contributed by atoms with Crippen LogP contribution in [0.3, 0.4) is 0 Å². The molecule has 0 saturated heterocycles. The molecule has 11 heteroatoms. The van der Waals surface area contributed by atoms with Crippen molar-refractivity contribution in [3.05, 3.63) is 54.0 Å². The molecular weight excluding hydrogens is 477 g/mol. The molecule has 10 nitrogen and oxygen atoms in total. The lowest BCUT2D eigenvalue weighted by Gasteiger charge is -2.27. The topological polar surface area (TPSA) is 116 Å². The number of ether oxygens (including phenoxy) is 1. The van der Waals surface area contributed by atoms with Crippen LogP contribution < -0.4 is 15.4 Å². The summed E-state index contributed by atoms with van der Waals surface area (Å²) in [7, 11) is 1.43. The van der Waals surface area contributed by atoms with Gasteiger partial charge in [-0.2, -0.15) is 19.6 Å². The van der Waals surface area contributed by atoms with E-state index in [1.165, 1.54) is 13.2 Å². The summed E-state index contributed by atoms with van der Waals surface area (Å²) in [5, 5.41) is 14.6. The first-order valence-corrected chi connectivity index (χ1v) is 12.7. The lowest BCUT2D eigenvalue weighted by Crippen LogP contribution is -2.50. The third kappa shape index (κ3) is 5.65. The van der Waals surface area contributed by atoms with Gasteiger partial charge in [-0.15, -0.1) is 0 Å². The van der Waals surface area contributed by atoms with Crippen molar-refractivity contribution in [2.45, 2.75) is 58.2 Å². The summed E-state index contributed by atoms with van der Waals surface area (Å²) in [6, 6.07) is 3.89. The Balaban J connectivity index is 1.32. The molecule has 1 atom stereocenters. The summed E-state index contributed by atoms with van der Waals surface area (Å²) in [6.07, 6.45) is 9.16. The molecule has 2 aliphatic carbocycles. The standard InChI is InChI=1S/C26H32FN7O3/c1-15(2)34-20(10-11-28-34)24(35)32-23(22(16-4-5-16)17-6-7-17)25(36)30-19-12-29-33(14-19)13-18-8-9-21(27)31-26(18)37-3/h8-12,14-17,22-23H,4-7,13H2,1-3H3,(H,30,36)(H,32,35). The lowest BCUT2D eigenvalue weighted by molar-refractivity contribution is -0.119. The van der Waals surface area contributed by atoms with E-state index in [0.29, 0.717) is 35.3 Å². The fourth-order valence-electron chi connectivity index (χ4n) is 5.00. The fraction of sp³-hybridized carbons (Fsp3) is 0.500. The minimum Gasteiger partial charge on any atom is -0.481 e. The van der Waals surface area contributed by atoms with Gasteiger partial charge >= 0.3 is 0 Å². The van der Waals surface area contributed by atoms with Crippen molar-refractivity contribution in [3.63, 3.8) is 0 Å². The van der Waals surface area contributed by atoms with Gasteiger partial charge in [-0.1, -0.05) is 0 Å². The summed E-state index contributed by atoms with van der Waals surface area (Å²) in [6.45, 7) is 4.21. The predicted octanol–water partition coefficient (Wildman–Crippen LogP) is 3.42. The van der Waals surface area contributed by atoms with Crippen LogP contribution in [-0.4, -0.2) is 49.5 Å². The van der Waals surface area contributed by atoms with Gasteiger partial charge in [0.2, 0.25) is 17.7 Å². The zero-order valence-electron chi connectivity index (χ0n) is 21.2. The molecule has 3 heterocycles. The highest BCUT2D eigenvalue weighted by Crippen LogP contribution is 2.51. The number of pyridine rings is 1. The number of aromatic nitrogens is 5. The second kappa shape index (κ2) is 10.3. The van der Waals surface area contributed by atoms with Gasteiger partial charge in [0.15, 0.2) is 0 Å². The van der Waals surface area contributed by atoms with Crippen molar-refractivity contribution in [1.29, 1.82) is 0 Å². The molecule has 5 rings (SSSR count). The van der Waals surface area contributed by atoms with Crippen LogP contribution in [0.1, 0.15) is 61.6 Å². The largest absolute Gasteiger partial charge is 0.481 e. The molecule has 0 bridgehead atoms. The molecule has 2 fully saturated rings. The number of carbonyl (C=O) groups excluding carboxylic acids is 2. The molecule has 2 N–H and O–H groups in total. The number of amides is 2. The van der Waals surface area contributed by atoms with Crippen molar-refractivity contribution in [2.24, 2.45) is 17.8 Å². The quantitative estimate of drug-likeness (QED) is 0.383. The van der Waals surface area contributed by atoms with Crippen molar-refractivity contribution in [3.8, 4) is 5.88 Å². The van der Waals surface area contributed by atoms with Crippen molar-refractivity contribution < 1.29 is 18.7 Å². The Morgan fingerprint density at radius 3 is 2.51 bits per heavy atom. The van der Waals surface area contributed by atoms with Gasteiger partial charge in [0, 0.05) is 24.0 Å². The van der Waals surface area contributed by atoms with Crippen LogP contribution in [0.2, 0.25) is 0 Å². The average Bonchev–Trinajstić information content (AvgIpc) is 3.79. The Bertz CT molecular complexity index is 1270. The van der Waals surface area contributed by atoms with E-state index in [9.17, 15) is 14.0 Å². The first-order valence-electron chi connectivity index (χ1n) is 12.7. The third-order valence-electron chi connectivity index (χ3n) is 7.01. The van der Waals surface area contributed by atoms with E-state index in [-0.39, 0.29) is 29.7 Å². The molecular formula is C26H32FN7O3. The molecule has 0 aliphatic heterocycles. The fourth-order valence-corrected chi connectivity index (χ4v) is 5.00. The number of carbonyl (C=O) groups is 2. The van der Waals surface area contributed by atoms with Crippen molar-refractivity contribution >= 4 is 17.5 Å². The Morgan fingerprint density at radius 1 is 1.14 bits per heavy atom. The molecule has 37 heavy (non-hydrogen) atoms. The first-order chi connectivity index (χ1) is 17.8. The molecule has 2 amide bonds. The Kier molecular flexibility index (Phi) is 6.94. The van der Waals surface area contributed by atoms with Gasteiger partial charge in [-0.25, -0.2) is 0 Å². The second-order valence-electron chi connectivity index (χ2n) is 10.2. The van der Waals surface area contributed by atoms with E-state index in [0.717, 1.165) is 25.7 Å². The monoisotopic (exact) mass is 509 g/mol. The minimum atomic E-state index is -0.659. The molecule has 1 unspecified atom stereocenters. The van der Waals surface area contributed by atoms with Gasteiger partial charge in [-0.05, 0) is 75.5 Å². The molecule has 0 aromatic carbocycles. The second-order valence-corrected chi connectivity index (χ2v) is 10.2. The summed E-state index contributed by atoms with van der Waals surface area (Å²) in [5.41, 5.74) is 1.60. The Labute approximate surface area is 214 Å². The maximum absolute atomic E-state index is 13.6. The number of rotatable bonds is 11. The van der Waals surface area contributed by atoms with Crippen molar-refractivity contribution in [2.75, 3.05) is 12.4 Å². The van der Waals surface area contributed by atoms with Crippen LogP contribution in [0.15, 0.2) is 36.8 Å². The van der Waals surface area contributed by atoms with E-state index < -0.39 is 12.0 Å². The van der Waals surface area contributed by atoms with Crippen LogP contribution in [0, 0.1) is 23.7 Å². The van der Waals surface area contributed by atoms with E-state index >= 15 is 0 Å². The average molecular weight is 510 g/mol. The van der Waals surface area contributed by atoms with Crippen LogP contribution in [0.25, 0.3) is 0 Å². The molecule has 0 radical (unpaired) electrons. The number of hydrogen-bond donors (Lipinski definition) is 2. The number of nitrogens with zero attached hydrogens (tertiary/aromatic N) is 5. The van der Waals surface area contributed by atoms with Crippen LogP contribution in [0.5, 0.6) is 5.88 Å². The highest BCUT2D eigenvalue weighted by Gasteiger charge is 2.48. The SMILES string of the molecule is COc1nc(F)ccc1Cn1cc(NC(=O)C(NC(=O)c2ccnn2C(C)C)C(C2CC2)C2CC2)cn1. The summed E-state index contributed by atoms with van der Waals surface area (Å²) in [5.74, 6) is -0.0124. The van der Waals surface area contributed by atoms with E-state index in [4.69, 9.17) is 4.74 Å². The smallest absolute Gasteiger partial charge is 0.270 e. The number of anilines is 1. The number of hydrogen-bond acceptors (Lipinski definition) is 6. The summed E-state index contributed by atoms with van der Waals surface area (Å²) < 4.78 is 21.9. The molecule has 3 aromatic heterocycles. The van der Waals surface area contributed by atoms with Crippen LogP contribution >= 0.6 is 0 Å². The van der Waals surface area contributed by atoms with Gasteiger partial charge in [0.05, 0.1) is 25.5 Å². The number of methoxy groups -OCH3 is 1. The first kappa shape index (κ1) is 24.9. The number of halogens is 1.